The van der Waals surface area contributed by atoms with Crippen molar-refractivity contribution in [1.82, 2.24) is 0 Å². The molecule has 0 amide bonds. The van der Waals surface area contributed by atoms with Crippen molar-refractivity contribution in [3.63, 3.8) is 0 Å². The van der Waals surface area contributed by atoms with Gasteiger partial charge >= 0.3 is 5.69 Å². The molecule has 0 atom stereocenters. The highest BCUT2D eigenvalue weighted by molar-refractivity contribution is 6.00. The lowest BCUT2D eigenvalue weighted by Crippen LogP contribution is -1.94. The van der Waals surface area contributed by atoms with Gasteiger partial charge in [-0.15, -0.1) is 0 Å². The standard InChI is InChI=1S/C15H11NO4/c17-14-8-5-10-9-11(6-7-12(10)14)20-15-4-2-1-3-13(15)16(18)19/h1-4,6-7,9H,5,8H2. The van der Waals surface area contributed by atoms with Gasteiger partial charge in [-0.1, -0.05) is 12.1 Å². The Morgan fingerprint density at radius 1 is 1.10 bits per heavy atom. The molecule has 0 aromatic heterocycles. The van der Waals surface area contributed by atoms with E-state index in [0.717, 1.165) is 11.1 Å². The molecule has 0 heterocycles. The minimum atomic E-state index is -0.480. The summed E-state index contributed by atoms with van der Waals surface area (Å²) in [5.74, 6) is 0.840. The number of nitrogens with zero attached hydrogens (tertiary/aromatic N) is 1. The third kappa shape index (κ3) is 2.14. The smallest absolute Gasteiger partial charge is 0.311 e. The molecular formula is C15H11NO4. The Bertz CT molecular complexity index is 709. The number of nitro benzene ring substituents is 1. The maximum Gasteiger partial charge on any atom is 0.311 e. The number of hydrogen-bond donors (Lipinski definition) is 0. The van der Waals surface area contributed by atoms with Gasteiger partial charge < -0.3 is 4.74 Å². The molecule has 5 nitrogen and oxygen atoms in total. The van der Waals surface area contributed by atoms with E-state index >= 15 is 0 Å². The van der Waals surface area contributed by atoms with Gasteiger partial charge in [0.15, 0.2) is 5.78 Å². The highest BCUT2D eigenvalue weighted by Crippen LogP contribution is 2.33. The number of aryl methyl sites for hydroxylation is 1. The summed E-state index contributed by atoms with van der Waals surface area (Å²) in [6.45, 7) is 0. The molecule has 0 bridgehead atoms. The van der Waals surface area contributed by atoms with E-state index in [1.807, 2.05) is 0 Å². The van der Waals surface area contributed by atoms with Crippen molar-refractivity contribution in [2.45, 2.75) is 12.8 Å². The van der Waals surface area contributed by atoms with Crippen LogP contribution in [0.3, 0.4) is 0 Å². The topological polar surface area (TPSA) is 69.4 Å². The number of ketones is 1. The third-order valence-corrected chi connectivity index (χ3v) is 3.29. The van der Waals surface area contributed by atoms with Gasteiger partial charge in [-0.3, -0.25) is 14.9 Å². The number of benzene rings is 2. The Balaban J connectivity index is 1.93. The van der Waals surface area contributed by atoms with Crippen LogP contribution in [0.4, 0.5) is 5.69 Å². The third-order valence-electron chi connectivity index (χ3n) is 3.29. The molecule has 100 valence electrons. The molecule has 3 rings (SSSR count). The van der Waals surface area contributed by atoms with Gasteiger partial charge in [0.2, 0.25) is 5.75 Å². The SMILES string of the molecule is O=C1CCc2cc(Oc3ccccc3[N+](=O)[O-])ccc21. The van der Waals surface area contributed by atoms with E-state index in [0.29, 0.717) is 18.6 Å². The zero-order valence-electron chi connectivity index (χ0n) is 10.5. The summed E-state index contributed by atoms with van der Waals surface area (Å²) >= 11 is 0. The number of ether oxygens (including phenoxy) is 1. The molecule has 0 aliphatic heterocycles. The largest absolute Gasteiger partial charge is 0.450 e. The summed E-state index contributed by atoms with van der Waals surface area (Å²) < 4.78 is 5.58. The molecule has 2 aromatic rings. The maximum absolute atomic E-state index is 11.5. The van der Waals surface area contributed by atoms with Crippen LogP contribution in [0.1, 0.15) is 22.3 Å². The van der Waals surface area contributed by atoms with Crippen molar-refractivity contribution in [1.29, 1.82) is 0 Å². The minimum absolute atomic E-state index is 0.0796. The molecule has 0 spiro atoms. The average Bonchev–Trinajstić information content (AvgIpc) is 2.80. The van der Waals surface area contributed by atoms with Crippen LogP contribution in [0.2, 0.25) is 0 Å². The Morgan fingerprint density at radius 2 is 1.90 bits per heavy atom. The van der Waals surface area contributed by atoms with Crippen molar-refractivity contribution >= 4 is 11.5 Å². The monoisotopic (exact) mass is 269 g/mol. The highest BCUT2D eigenvalue weighted by atomic mass is 16.6. The van der Waals surface area contributed by atoms with Crippen LogP contribution in [-0.4, -0.2) is 10.7 Å². The van der Waals surface area contributed by atoms with E-state index in [1.54, 1.807) is 36.4 Å². The number of carbonyl (C=O) groups excluding carboxylic acids is 1. The van der Waals surface area contributed by atoms with Crippen LogP contribution in [-0.2, 0) is 6.42 Å². The summed E-state index contributed by atoms with van der Waals surface area (Å²) in [6.07, 6.45) is 1.21. The number of Topliss-reactive ketones (excluding diaryl/α,β-unsaturated/α-hetero) is 1. The van der Waals surface area contributed by atoms with Crippen LogP contribution in [0.15, 0.2) is 42.5 Å². The average molecular weight is 269 g/mol. The highest BCUT2D eigenvalue weighted by Gasteiger charge is 2.20. The van der Waals surface area contributed by atoms with Crippen molar-refractivity contribution in [3.05, 3.63) is 63.7 Å². The van der Waals surface area contributed by atoms with E-state index in [-0.39, 0.29) is 17.2 Å². The first-order valence-electron chi connectivity index (χ1n) is 6.22. The van der Waals surface area contributed by atoms with Gasteiger partial charge in [-0.2, -0.15) is 0 Å². The Kier molecular flexibility index (Phi) is 2.95. The van der Waals surface area contributed by atoms with Gasteiger partial charge in [-0.25, -0.2) is 0 Å². The Morgan fingerprint density at radius 3 is 2.70 bits per heavy atom. The molecule has 0 unspecified atom stereocenters. The van der Waals surface area contributed by atoms with E-state index in [1.165, 1.54) is 6.07 Å². The normalized spacial score (nSPS) is 13.1. The number of rotatable bonds is 3. The predicted octanol–water partition coefficient (Wildman–Crippen LogP) is 3.52. The molecule has 0 fully saturated rings. The molecule has 0 saturated heterocycles. The van der Waals surface area contributed by atoms with Crippen LogP contribution in [0.25, 0.3) is 0 Å². The minimum Gasteiger partial charge on any atom is -0.450 e. The summed E-state index contributed by atoms with van der Waals surface area (Å²) in [5, 5.41) is 10.9. The molecule has 0 N–H and O–H groups in total. The zero-order chi connectivity index (χ0) is 14.1. The predicted molar refractivity (Wildman–Crippen MR) is 72.3 cm³/mol. The van der Waals surface area contributed by atoms with Crippen molar-refractivity contribution in [3.8, 4) is 11.5 Å². The Hall–Kier alpha value is -2.69. The molecule has 5 heteroatoms. The van der Waals surface area contributed by atoms with E-state index in [4.69, 9.17) is 4.74 Å². The van der Waals surface area contributed by atoms with Gasteiger partial charge in [0.25, 0.3) is 0 Å². The molecule has 2 aromatic carbocycles. The first kappa shape index (κ1) is 12.3. The van der Waals surface area contributed by atoms with E-state index in [9.17, 15) is 14.9 Å². The second kappa shape index (κ2) is 4.77. The molecular weight excluding hydrogens is 258 g/mol. The lowest BCUT2D eigenvalue weighted by atomic mass is 10.1. The molecule has 1 aliphatic carbocycles. The van der Waals surface area contributed by atoms with E-state index < -0.39 is 4.92 Å². The second-order valence-electron chi connectivity index (χ2n) is 4.57. The first-order chi connectivity index (χ1) is 9.65. The van der Waals surface area contributed by atoms with Crippen LogP contribution in [0, 0.1) is 10.1 Å². The lowest BCUT2D eigenvalue weighted by molar-refractivity contribution is -0.385. The molecule has 0 radical (unpaired) electrons. The number of para-hydroxylation sites is 2. The summed E-state index contributed by atoms with van der Waals surface area (Å²) in [6, 6.07) is 11.4. The molecule has 1 aliphatic rings. The van der Waals surface area contributed by atoms with Gasteiger partial charge in [-0.05, 0) is 36.2 Å². The number of hydrogen-bond acceptors (Lipinski definition) is 4. The van der Waals surface area contributed by atoms with E-state index in [2.05, 4.69) is 0 Å². The lowest BCUT2D eigenvalue weighted by Gasteiger charge is -2.07. The summed E-state index contributed by atoms with van der Waals surface area (Å²) in [7, 11) is 0. The summed E-state index contributed by atoms with van der Waals surface area (Å²) in [5.41, 5.74) is 1.58. The second-order valence-corrected chi connectivity index (χ2v) is 4.57. The van der Waals surface area contributed by atoms with Crippen LogP contribution in [0.5, 0.6) is 11.5 Å². The van der Waals surface area contributed by atoms with Crippen LogP contribution < -0.4 is 4.74 Å². The quantitative estimate of drug-likeness (QED) is 0.631. The number of carbonyl (C=O) groups is 1. The van der Waals surface area contributed by atoms with Crippen molar-refractivity contribution in [2.75, 3.05) is 0 Å². The fourth-order valence-corrected chi connectivity index (χ4v) is 2.32. The Labute approximate surface area is 115 Å². The maximum atomic E-state index is 11.5. The number of nitro groups is 1. The van der Waals surface area contributed by atoms with Crippen molar-refractivity contribution in [2.24, 2.45) is 0 Å². The van der Waals surface area contributed by atoms with Gasteiger partial charge in [0.05, 0.1) is 4.92 Å². The van der Waals surface area contributed by atoms with Crippen LogP contribution >= 0.6 is 0 Å². The fraction of sp³-hybridized carbons (Fsp3) is 0.133. The molecule has 20 heavy (non-hydrogen) atoms. The number of fused-ring (bicyclic) bond motifs is 1. The van der Waals surface area contributed by atoms with Gasteiger partial charge in [0, 0.05) is 18.1 Å². The summed E-state index contributed by atoms with van der Waals surface area (Å²) in [4.78, 5) is 22.0. The molecule has 0 saturated carbocycles. The van der Waals surface area contributed by atoms with Crippen molar-refractivity contribution < 1.29 is 14.5 Å². The zero-order valence-corrected chi connectivity index (χ0v) is 10.5. The van der Waals surface area contributed by atoms with Gasteiger partial charge in [0.1, 0.15) is 5.75 Å². The fourth-order valence-electron chi connectivity index (χ4n) is 2.32. The first-order valence-corrected chi connectivity index (χ1v) is 6.22.